The van der Waals surface area contributed by atoms with Gasteiger partial charge in [-0.05, 0) is 13.5 Å². The van der Waals surface area contributed by atoms with E-state index in [9.17, 15) is 13.2 Å². The standard InChI is InChI=1S/C12H24N2O4S/c1-9(2)13-11(12(15)18-4)7-14(3)10-5-6-19(16,17)8-10/h9-11,13H,5-8H2,1-4H3. The normalized spacial score (nSPS) is 23.8. The quantitative estimate of drug-likeness (QED) is 0.674. The number of nitrogens with one attached hydrogen (secondary N) is 1. The lowest BCUT2D eigenvalue weighted by molar-refractivity contribution is -0.143. The van der Waals surface area contributed by atoms with Crippen LogP contribution in [0.2, 0.25) is 0 Å². The number of ether oxygens (including phenoxy) is 1. The maximum absolute atomic E-state index is 11.7. The number of hydrogen-bond acceptors (Lipinski definition) is 6. The summed E-state index contributed by atoms with van der Waals surface area (Å²) in [6, 6.07) is -0.283. The molecule has 1 saturated heterocycles. The Bertz CT molecular complexity index is 408. The molecule has 0 aromatic carbocycles. The Morgan fingerprint density at radius 3 is 2.53 bits per heavy atom. The van der Waals surface area contributed by atoms with Crippen LogP contribution in [0.15, 0.2) is 0 Å². The second kappa shape index (κ2) is 6.67. The largest absolute Gasteiger partial charge is 0.468 e. The van der Waals surface area contributed by atoms with E-state index in [4.69, 9.17) is 4.74 Å². The van der Waals surface area contributed by atoms with Gasteiger partial charge in [-0.1, -0.05) is 13.8 Å². The topological polar surface area (TPSA) is 75.7 Å². The molecule has 1 fully saturated rings. The first-order valence-electron chi connectivity index (χ1n) is 6.49. The molecule has 1 rings (SSSR count). The molecule has 1 N–H and O–H groups in total. The third-order valence-electron chi connectivity index (χ3n) is 3.32. The lowest BCUT2D eigenvalue weighted by atomic mass is 10.2. The summed E-state index contributed by atoms with van der Waals surface area (Å²) in [4.78, 5) is 13.6. The smallest absolute Gasteiger partial charge is 0.324 e. The van der Waals surface area contributed by atoms with Crippen molar-refractivity contribution in [3.63, 3.8) is 0 Å². The molecule has 0 radical (unpaired) electrons. The summed E-state index contributed by atoms with van der Waals surface area (Å²) in [5, 5.41) is 3.14. The number of carbonyl (C=O) groups excluding carboxylic acids is 1. The number of sulfone groups is 1. The van der Waals surface area contributed by atoms with E-state index in [-0.39, 0.29) is 29.6 Å². The van der Waals surface area contributed by atoms with Crippen molar-refractivity contribution in [1.82, 2.24) is 10.2 Å². The third kappa shape index (κ3) is 5.08. The molecule has 0 aromatic heterocycles. The van der Waals surface area contributed by atoms with Crippen LogP contribution in [0.1, 0.15) is 20.3 Å². The number of rotatable bonds is 6. The predicted molar refractivity (Wildman–Crippen MR) is 73.8 cm³/mol. The number of likely N-dealkylation sites (N-methyl/N-ethyl adjacent to an activating group) is 1. The minimum Gasteiger partial charge on any atom is -0.468 e. The Labute approximate surface area is 115 Å². The average Bonchev–Trinajstić information content (AvgIpc) is 2.67. The molecule has 0 saturated carbocycles. The van der Waals surface area contributed by atoms with Gasteiger partial charge in [0.05, 0.1) is 18.6 Å². The zero-order valence-electron chi connectivity index (χ0n) is 12.0. The van der Waals surface area contributed by atoms with Gasteiger partial charge < -0.3 is 15.0 Å². The number of nitrogens with zero attached hydrogens (tertiary/aromatic N) is 1. The van der Waals surface area contributed by atoms with Crippen molar-refractivity contribution < 1.29 is 17.9 Å². The Balaban J connectivity index is 2.61. The van der Waals surface area contributed by atoms with Gasteiger partial charge in [0, 0.05) is 18.6 Å². The predicted octanol–water partition coefficient (Wildman–Crippen LogP) is -0.355. The van der Waals surface area contributed by atoms with Gasteiger partial charge in [-0.25, -0.2) is 8.42 Å². The number of methoxy groups -OCH3 is 1. The highest BCUT2D eigenvalue weighted by Crippen LogP contribution is 2.16. The van der Waals surface area contributed by atoms with Crippen LogP contribution in [-0.2, 0) is 19.4 Å². The fourth-order valence-corrected chi connectivity index (χ4v) is 4.11. The minimum atomic E-state index is -2.90. The average molecular weight is 292 g/mol. The SMILES string of the molecule is COC(=O)C(CN(C)C1CCS(=O)(=O)C1)NC(C)C. The van der Waals surface area contributed by atoms with E-state index in [2.05, 4.69) is 5.32 Å². The molecule has 0 aliphatic carbocycles. The van der Waals surface area contributed by atoms with Gasteiger partial charge in [-0.15, -0.1) is 0 Å². The first kappa shape index (κ1) is 16.4. The van der Waals surface area contributed by atoms with E-state index >= 15 is 0 Å². The van der Waals surface area contributed by atoms with Gasteiger partial charge >= 0.3 is 5.97 Å². The van der Waals surface area contributed by atoms with Gasteiger partial charge in [-0.3, -0.25) is 4.79 Å². The van der Waals surface area contributed by atoms with Crippen molar-refractivity contribution in [3.8, 4) is 0 Å². The van der Waals surface area contributed by atoms with Crippen molar-refractivity contribution >= 4 is 15.8 Å². The lowest BCUT2D eigenvalue weighted by Gasteiger charge is -2.28. The lowest BCUT2D eigenvalue weighted by Crippen LogP contribution is -2.50. The van der Waals surface area contributed by atoms with Crippen LogP contribution in [0, 0.1) is 0 Å². The van der Waals surface area contributed by atoms with E-state index in [1.165, 1.54) is 7.11 Å². The van der Waals surface area contributed by atoms with E-state index in [1.807, 2.05) is 25.8 Å². The first-order chi connectivity index (χ1) is 8.75. The van der Waals surface area contributed by atoms with Gasteiger partial charge in [0.15, 0.2) is 9.84 Å². The van der Waals surface area contributed by atoms with Crippen molar-refractivity contribution in [1.29, 1.82) is 0 Å². The molecular weight excluding hydrogens is 268 g/mol. The molecule has 19 heavy (non-hydrogen) atoms. The molecular formula is C12H24N2O4S. The van der Waals surface area contributed by atoms with Gasteiger partial charge in [-0.2, -0.15) is 0 Å². The van der Waals surface area contributed by atoms with Crippen LogP contribution < -0.4 is 5.32 Å². The second-order valence-electron chi connectivity index (χ2n) is 5.39. The fourth-order valence-electron chi connectivity index (χ4n) is 2.30. The molecule has 1 aliphatic rings. The highest BCUT2D eigenvalue weighted by molar-refractivity contribution is 7.91. The molecule has 0 aromatic rings. The molecule has 7 heteroatoms. The van der Waals surface area contributed by atoms with Crippen molar-refractivity contribution in [2.75, 3.05) is 32.2 Å². The summed E-state index contributed by atoms with van der Waals surface area (Å²) in [5.41, 5.74) is 0. The molecule has 2 unspecified atom stereocenters. The summed E-state index contributed by atoms with van der Waals surface area (Å²) in [6.07, 6.45) is 0.633. The Hall–Kier alpha value is -0.660. The molecule has 0 spiro atoms. The molecule has 2 atom stereocenters. The molecule has 0 amide bonds. The highest BCUT2D eigenvalue weighted by Gasteiger charge is 2.32. The molecule has 6 nitrogen and oxygen atoms in total. The summed E-state index contributed by atoms with van der Waals surface area (Å²) < 4.78 is 27.7. The van der Waals surface area contributed by atoms with E-state index in [1.54, 1.807) is 0 Å². The Morgan fingerprint density at radius 2 is 2.11 bits per heavy atom. The van der Waals surface area contributed by atoms with Crippen LogP contribution in [0.25, 0.3) is 0 Å². The molecule has 1 heterocycles. The van der Waals surface area contributed by atoms with E-state index in [0.717, 1.165) is 0 Å². The summed E-state index contributed by atoms with van der Waals surface area (Å²) in [6.45, 7) is 4.36. The maximum atomic E-state index is 11.7. The third-order valence-corrected chi connectivity index (χ3v) is 5.07. The first-order valence-corrected chi connectivity index (χ1v) is 8.32. The summed E-state index contributed by atoms with van der Waals surface area (Å²) >= 11 is 0. The Morgan fingerprint density at radius 1 is 1.47 bits per heavy atom. The monoisotopic (exact) mass is 292 g/mol. The highest BCUT2D eigenvalue weighted by atomic mass is 32.2. The number of esters is 1. The van der Waals surface area contributed by atoms with E-state index < -0.39 is 15.9 Å². The number of carbonyl (C=O) groups is 1. The van der Waals surface area contributed by atoms with Crippen molar-refractivity contribution in [2.45, 2.75) is 38.4 Å². The van der Waals surface area contributed by atoms with E-state index in [0.29, 0.717) is 13.0 Å². The summed E-state index contributed by atoms with van der Waals surface area (Å²) in [7, 11) is 0.306. The molecule has 1 aliphatic heterocycles. The van der Waals surface area contributed by atoms with Crippen molar-refractivity contribution in [2.24, 2.45) is 0 Å². The molecule has 112 valence electrons. The maximum Gasteiger partial charge on any atom is 0.324 e. The van der Waals surface area contributed by atoms with Crippen LogP contribution >= 0.6 is 0 Å². The Kier molecular flexibility index (Phi) is 5.76. The minimum absolute atomic E-state index is 0.00822. The zero-order valence-corrected chi connectivity index (χ0v) is 12.9. The van der Waals surface area contributed by atoms with Gasteiger partial charge in [0.1, 0.15) is 6.04 Å². The van der Waals surface area contributed by atoms with Crippen LogP contribution in [0.4, 0.5) is 0 Å². The fraction of sp³-hybridized carbons (Fsp3) is 0.917. The van der Waals surface area contributed by atoms with Crippen LogP contribution in [0.5, 0.6) is 0 Å². The van der Waals surface area contributed by atoms with Gasteiger partial charge in [0.2, 0.25) is 0 Å². The summed E-state index contributed by atoms with van der Waals surface area (Å²) in [5.74, 6) is 0.100. The van der Waals surface area contributed by atoms with Gasteiger partial charge in [0.25, 0.3) is 0 Å². The second-order valence-corrected chi connectivity index (χ2v) is 7.62. The molecule has 0 bridgehead atoms. The van der Waals surface area contributed by atoms with Crippen LogP contribution in [-0.4, -0.2) is 69.6 Å². The zero-order chi connectivity index (χ0) is 14.6. The van der Waals surface area contributed by atoms with Crippen LogP contribution in [0.3, 0.4) is 0 Å². The number of hydrogen-bond donors (Lipinski definition) is 1. The van der Waals surface area contributed by atoms with Crippen molar-refractivity contribution in [3.05, 3.63) is 0 Å².